The predicted molar refractivity (Wildman–Crippen MR) is 155 cm³/mol. The van der Waals surface area contributed by atoms with Gasteiger partial charge in [-0.2, -0.15) is 0 Å². The van der Waals surface area contributed by atoms with Gasteiger partial charge in [0.15, 0.2) is 0 Å². The maximum Gasteiger partial charge on any atom is 0.267 e. The van der Waals surface area contributed by atoms with Gasteiger partial charge in [0.05, 0.1) is 6.61 Å². The lowest BCUT2D eigenvalue weighted by Gasteiger charge is -2.47. The predicted octanol–water partition coefficient (Wildman–Crippen LogP) is 5.97. The van der Waals surface area contributed by atoms with Crippen LogP contribution in [0.25, 0.3) is 11.1 Å². The number of ether oxygens (including phenoxy) is 1. The third-order valence-corrected chi connectivity index (χ3v) is 9.05. The number of benzene rings is 1. The van der Waals surface area contributed by atoms with Crippen molar-refractivity contribution in [1.82, 2.24) is 19.7 Å². The van der Waals surface area contributed by atoms with E-state index in [-0.39, 0.29) is 5.91 Å². The normalized spacial score (nSPS) is 20.4. The number of likely N-dealkylation sites (tertiary alicyclic amines) is 1. The number of carbonyl (C=O) groups excluding carboxylic acids is 1. The lowest BCUT2D eigenvalue weighted by molar-refractivity contribution is 0.0135. The Morgan fingerprint density at radius 1 is 1.03 bits per heavy atom. The van der Waals surface area contributed by atoms with E-state index in [1.54, 1.807) is 0 Å². The third-order valence-electron chi connectivity index (χ3n) is 8.17. The SMILES string of the molecule is CCCOc1ccsc1C(=O)N1CCC(N2CCN([C@@H](C)c3ccc(-c4ccncc4)cc3)[C@H](C)C2)CC1. The van der Waals surface area contributed by atoms with Crippen molar-refractivity contribution in [3.8, 4) is 16.9 Å². The molecule has 2 aliphatic heterocycles. The highest BCUT2D eigenvalue weighted by atomic mass is 32.1. The minimum absolute atomic E-state index is 0.131. The molecule has 2 atom stereocenters. The van der Waals surface area contributed by atoms with Gasteiger partial charge >= 0.3 is 0 Å². The summed E-state index contributed by atoms with van der Waals surface area (Å²) < 4.78 is 5.80. The molecule has 202 valence electrons. The van der Waals surface area contributed by atoms with Crippen LogP contribution in [0, 0.1) is 0 Å². The first-order valence-corrected chi connectivity index (χ1v) is 14.9. The summed E-state index contributed by atoms with van der Waals surface area (Å²) in [7, 11) is 0. The molecule has 0 saturated carbocycles. The average Bonchev–Trinajstić information content (AvgIpc) is 3.44. The molecule has 7 heteroatoms. The Morgan fingerprint density at radius 3 is 2.42 bits per heavy atom. The fraction of sp³-hybridized carbons (Fsp3) is 0.484. The molecule has 0 bridgehead atoms. The van der Waals surface area contributed by atoms with Gasteiger partial charge in [0.25, 0.3) is 5.91 Å². The van der Waals surface area contributed by atoms with Gasteiger partial charge in [0.1, 0.15) is 10.6 Å². The summed E-state index contributed by atoms with van der Waals surface area (Å²) in [5, 5.41) is 1.96. The number of aromatic nitrogens is 1. The number of pyridine rings is 1. The van der Waals surface area contributed by atoms with E-state index in [0.29, 0.717) is 24.7 Å². The highest BCUT2D eigenvalue weighted by Gasteiger charge is 2.34. The molecule has 38 heavy (non-hydrogen) atoms. The van der Waals surface area contributed by atoms with Crippen LogP contribution in [0.3, 0.4) is 0 Å². The van der Waals surface area contributed by atoms with Gasteiger partial charge < -0.3 is 9.64 Å². The van der Waals surface area contributed by atoms with Crippen molar-refractivity contribution in [2.24, 2.45) is 0 Å². The first-order valence-electron chi connectivity index (χ1n) is 14.0. The van der Waals surface area contributed by atoms with Crippen LogP contribution in [-0.2, 0) is 0 Å². The standard InChI is InChI=1S/C31H40N4O2S/c1-4-20-37-29-13-21-38-30(29)31(36)33-16-11-28(12-17-33)34-18-19-35(23(2)22-34)24(3)25-5-7-26(8-6-25)27-9-14-32-15-10-27/h5-10,13-15,21,23-24,28H,4,11-12,16-20,22H2,1-3H3/t23-,24+/m1/s1. The number of hydrogen-bond donors (Lipinski definition) is 0. The second kappa shape index (κ2) is 12.4. The second-order valence-corrected chi connectivity index (χ2v) is 11.5. The monoisotopic (exact) mass is 532 g/mol. The zero-order valence-electron chi connectivity index (χ0n) is 22.9. The Kier molecular flexibility index (Phi) is 8.77. The minimum Gasteiger partial charge on any atom is -0.492 e. The number of piperidine rings is 1. The van der Waals surface area contributed by atoms with Gasteiger partial charge in [-0.3, -0.25) is 19.6 Å². The number of amides is 1. The van der Waals surface area contributed by atoms with E-state index in [1.165, 1.54) is 28.0 Å². The van der Waals surface area contributed by atoms with Crippen LogP contribution in [-0.4, -0.2) is 77.0 Å². The van der Waals surface area contributed by atoms with E-state index in [9.17, 15) is 4.79 Å². The lowest BCUT2D eigenvalue weighted by atomic mass is 9.97. The van der Waals surface area contributed by atoms with Gasteiger partial charge in [0, 0.05) is 63.2 Å². The summed E-state index contributed by atoms with van der Waals surface area (Å²) in [5.74, 6) is 0.876. The van der Waals surface area contributed by atoms with Crippen LogP contribution < -0.4 is 4.74 Å². The topological polar surface area (TPSA) is 48.9 Å². The number of carbonyl (C=O) groups is 1. The largest absolute Gasteiger partial charge is 0.492 e. The van der Waals surface area contributed by atoms with E-state index in [0.717, 1.165) is 62.6 Å². The summed E-state index contributed by atoms with van der Waals surface area (Å²) in [6.45, 7) is 12.3. The van der Waals surface area contributed by atoms with Crippen molar-refractivity contribution in [2.45, 2.75) is 58.2 Å². The molecule has 0 aliphatic carbocycles. The van der Waals surface area contributed by atoms with Crippen molar-refractivity contribution < 1.29 is 9.53 Å². The van der Waals surface area contributed by atoms with Crippen LogP contribution in [0.5, 0.6) is 5.75 Å². The van der Waals surface area contributed by atoms with E-state index in [2.05, 4.69) is 72.0 Å². The summed E-state index contributed by atoms with van der Waals surface area (Å²) in [4.78, 5) is 25.4. The Balaban J connectivity index is 1.13. The minimum atomic E-state index is 0.131. The molecule has 3 aromatic rings. The summed E-state index contributed by atoms with van der Waals surface area (Å²) >= 11 is 1.50. The van der Waals surface area contributed by atoms with E-state index < -0.39 is 0 Å². The Hall–Kier alpha value is -2.74. The fourth-order valence-electron chi connectivity index (χ4n) is 5.95. The van der Waals surface area contributed by atoms with Gasteiger partial charge in [-0.1, -0.05) is 31.2 Å². The van der Waals surface area contributed by atoms with Crippen LogP contribution in [0.1, 0.15) is 61.3 Å². The van der Waals surface area contributed by atoms with Crippen LogP contribution >= 0.6 is 11.3 Å². The van der Waals surface area contributed by atoms with E-state index in [1.807, 2.05) is 28.7 Å². The van der Waals surface area contributed by atoms with Crippen LogP contribution in [0.4, 0.5) is 0 Å². The number of piperazine rings is 1. The van der Waals surface area contributed by atoms with Gasteiger partial charge in [-0.25, -0.2) is 0 Å². The summed E-state index contributed by atoms with van der Waals surface area (Å²) in [6.07, 6.45) is 6.72. The molecule has 1 aromatic carbocycles. The number of rotatable bonds is 8. The highest BCUT2D eigenvalue weighted by molar-refractivity contribution is 7.12. The second-order valence-electron chi connectivity index (χ2n) is 10.6. The molecule has 2 saturated heterocycles. The maximum absolute atomic E-state index is 13.2. The molecule has 1 amide bonds. The van der Waals surface area contributed by atoms with Gasteiger partial charge in [-0.15, -0.1) is 11.3 Å². The van der Waals surface area contributed by atoms with E-state index in [4.69, 9.17) is 4.74 Å². The van der Waals surface area contributed by atoms with Crippen molar-refractivity contribution in [1.29, 1.82) is 0 Å². The van der Waals surface area contributed by atoms with Crippen molar-refractivity contribution >= 4 is 17.2 Å². The zero-order chi connectivity index (χ0) is 26.5. The number of nitrogens with zero attached hydrogens (tertiary/aromatic N) is 4. The van der Waals surface area contributed by atoms with Gasteiger partial charge in [-0.05, 0) is 73.4 Å². The molecule has 2 fully saturated rings. The van der Waals surface area contributed by atoms with Crippen molar-refractivity contribution in [3.63, 3.8) is 0 Å². The van der Waals surface area contributed by atoms with E-state index >= 15 is 0 Å². The average molecular weight is 533 g/mol. The molecular weight excluding hydrogens is 492 g/mol. The smallest absolute Gasteiger partial charge is 0.267 e. The molecule has 0 unspecified atom stereocenters. The van der Waals surface area contributed by atoms with Crippen molar-refractivity contribution in [3.05, 3.63) is 70.7 Å². The molecule has 2 aliphatic rings. The van der Waals surface area contributed by atoms with Gasteiger partial charge in [0.2, 0.25) is 0 Å². The number of thiophene rings is 1. The molecule has 6 nitrogen and oxygen atoms in total. The first kappa shape index (κ1) is 26.9. The summed E-state index contributed by atoms with van der Waals surface area (Å²) in [6, 6.07) is 16.5. The molecule has 0 spiro atoms. The molecule has 0 N–H and O–H groups in total. The molecule has 0 radical (unpaired) electrons. The highest BCUT2D eigenvalue weighted by Crippen LogP contribution is 2.31. The fourth-order valence-corrected chi connectivity index (χ4v) is 6.75. The molecule has 4 heterocycles. The molecule has 2 aromatic heterocycles. The van der Waals surface area contributed by atoms with Crippen LogP contribution in [0.15, 0.2) is 60.2 Å². The summed E-state index contributed by atoms with van der Waals surface area (Å²) in [5.41, 5.74) is 3.80. The Labute approximate surface area is 231 Å². The molecule has 5 rings (SSSR count). The first-order chi connectivity index (χ1) is 18.5. The van der Waals surface area contributed by atoms with Crippen molar-refractivity contribution in [2.75, 3.05) is 39.3 Å². The Bertz CT molecular complexity index is 1170. The quantitative estimate of drug-likeness (QED) is 0.358. The number of hydrogen-bond acceptors (Lipinski definition) is 6. The maximum atomic E-state index is 13.2. The third kappa shape index (κ3) is 5.95. The molecular formula is C31H40N4O2S. The zero-order valence-corrected chi connectivity index (χ0v) is 23.7. The Morgan fingerprint density at radius 2 is 1.74 bits per heavy atom. The lowest BCUT2D eigenvalue weighted by Crippen LogP contribution is -2.57. The van der Waals surface area contributed by atoms with Crippen LogP contribution in [0.2, 0.25) is 0 Å².